The molecule has 0 aliphatic carbocycles. The molecule has 0 fully saturated rings. The summed E-state index contributed by atoms with van der Waals surface area (Å²) < 4.78 is 1.97. The minimum absolute atomic E-state index is 0.00673. The van der Waals surface area contributed by atoms with Crippen molar-refractivity contribution in [3.63, 3.8) is 0 Å². The predicted molar refractivity (Wildman–Crippen MR) is 70.5 cm³/mol. The Kier molecular flexibility index (Phi) is 4.09. The van der Waals surface area contributed by atoms with Gasteiger partial charge in [-0.1, -0.05) is 0 Å². The fraction of sp³-hybridized carbons (Fsp3) is 0.417. The van der Waals surface area contributed by atoms with Gasteiger partial charge in [0, 0.05) is 30.4 Å². The number of nitrogens with one attached hydrogen (secondary N) is 1. The molecule has 0 radical (unpaired) electrons. The maximum atomic E-state index is 11.7. The molecule has 1 N–H and O–H groups in total. The second-order valence-electron chi connectivity index (χ2n) is 4.20. The number of hydrogen-bond acceptors (Lipinski definition) is 4. The molecule has 18 heavy (non-hydrogen) atoms. The lowest BCUT2D eigenvalue weighted by Gasteiger charge is -2.13. The first-order chi connectivity index (χ1) is 8.65. The molecule has 0 spiro atoms. The van der Waals surface area contributed by atoms with Gasteiger partial charge in [-0.05, 0) is 13.8 Å². The number of rotatable bonds is 5. The molecule has 0 saturated carbocycles. The molecule has 2 aromatic rings. The van der Waals surface area contributed by atoms with Crippen LogP contribution in [0.5, 0.6) is 0 Å². The number of thiazole rings is 1. The van der Waals surface area contributed by atoms with Crippen LogP contribution in [0.3, 0.4) is 0 Å². The fourth-order valence-electron chi connectivity index (χ4n) is 1.61. The SMILES string of the molecule is Cc1nc(CC(=O)NCC(C)n2ccnc2)cs1. The average Bonchev–Trinajstić information content (AvgIpc) is 2.97. The van der Waals surface area contributed by atoms with Gasteiger partial charge in [-0.15, -0.1) is 11.3 Å². The van der Waals surface area contributed by atoms with Gasteiger partial charge in [0.1, 0.15) is 0 Å². The van der Waals surface area contributed by atoms with Gasteiger partial charge < -0.3 is 9.88 Å². The van der Waals surface area contributed by atoms with Crippen LogP contribution in [0.1, 0.15) is 23.7 Å². The Morgan fingerprint density at radius 1 is 1.61 bits per heavy atom. The Morgan fingerprint density at radius 3 is 3.06 bits per heavy atom. The zero-order valence-corrected chi connectivity index (χ0v) is 11.3. The van der Waals surface area contributed by atoms with Crippen molar-refractivity contribution in [1.29, 1.82) is 0 Å². The van der Waals surface area contributed by atoms with Gasteiger partial charge in [0.25, 0.3) is 0 Å². The normalized spacial score (nSPS) is 12.3. The Labute approximate surface area is 110 Å². The molecule has 1 amide bonds. The number of aryl methyl sites for hydroxylation is 1. The third-order valence-electron chi connectivity index (χ3n) is 2.64. The van der Waals surface area contributed by atoms with Crippen LogP contribution in [0.2, 0.25) is 0 Å². The third kappa shape index (κ3) is 3.40. The highest BCUT2D eigenvalue weighted by Gasteiger charge is 2.08. The highest BCUT2D eigenvalue weighted by molar-refractivity contribution is 7.09. The van der Waals surface area contributed by atoms with Crippen molar-refractivity contribution in [3.05, 3.63) is 34.8 Å². The van der Waals surface area contributed by atoms with Crippen LogP contribution < -0.4 is 5.32 Å². The van der Waals surface area contributed by atoms with E-state index < -0.39 is 0 Å². The molecule has 0 bridgehead atoms. The zero-order valence-electron chi connectivity index (χ0n) is 10.5. The molecule has 0 saturated heterocycles. The van der Waals surface area contributed by atoms with Gasteiger partial charge in [-0.25, -0.2) is 9.97 Å². The standard InChI is InChI=1S/C12H16N4OS/c1-9(16-4-3-13-8-16)6-14-12(17)5-11-7-18-10(2)15-11/h3-4,7-9H,5-6H2,1-2H3,(H,14,17). The lowest BCUT2D eigenvalue weighted by molar-refractivity contribution is -0.120. The molecule has 0 aliphatic rings. The molecule has 2 aromatic heterocycles. The molecule has 0 aromatic carbocycles. The quantitative estimate of drug-likeness (QED) is 0.891. The van der Waals surface area contributed by atoms with Crippen LogP contribution in [0, 0.1) is 6.92 Å². The van der Waals surface area contributed by atoms with E-state index in [0.717, 1.165) is 10.7 Å². The minimum atomic E-state index is 0.00673. The highest BCUT2D eigenvalue weighted by Crippen LogP contribution is 2.08. The highest BCUT2D eigenvalue weighted by atomic mass is 32.1. The van der Waals surface area contributed by atoms with E-state index in [4.69, 9.17) is 0 Å². The van der Waals surface area contributed by atoms with E-state index in [1.54, 1.807) is 23.9 Å². The maximum Gasteiger partial charge on any atom is 0.226 e. The molecule has 1 atom stereocenters. The molecule has 2 heterocycles. The maximum absolute atomic E-state index is 11.7. The Morgan fingerprint density at radius 2 is 2.44 bits per heavy atom. The van der Waals surface area contributed by atoms with Crippen LogP contribution in [0.25, 0.3) is 0 Å². The number of carbonyl (C=O) groups is 1. The van der Waals surface area contributed by atoms with Crippen molar-refractivity contribution in [3.8, 4) is 0 Å². The molecule has 96 valence electrons. The molecular weight excluding hydrogens is 248 g/mol. The molecule has 2 rings (SSSR count). The zero-order chi connectivity index (χ0) is 13.0. The molecule has 0 aliphatic heterocycles. The Hall–Kier alpha value is -1.69. The summed E-state index contributed by atoms with van der Waals surface area (Å²) in [6.45, 7) is 4.57. The summed E-state index contributed by atoms with van der Waals surface area (Å²) in [4.78, 5) is 20.0. The second kappa shape index (κ2) is 5.77. The molecule has 1 unspecified atom stereocenters. The first-order valence-electron chi connectivity index (χ1n) is 5.80. The van der Waals surface area contributed by atoms with E-state index in [2.05, 4.69) is 15.3 Å². The smallest absolute Gasteiger partial charge is 0.226 e. The Balaban J connectivity index is 1.78. The summed E-state index contributed by atoms with van der Waals surface area (Å²) in [6.07, 6.45) is 5.72. The number of hydrogen-bond donors (Lipinski definition) is 1. The van der Waals surface area contributed by atoms with Crippen LogP contribution in [0.15, 0.2) is 24.1 Å². The summed E-state index contributed by atoms with van der Waals surface area (Å²) in [6, 6.07) is 0.202. The third-order valence-corrected chi connectivity index (χ3v) is 3.46. The van der Waals surface area contributed by atoms with Crippen molar-refractivity contribution < 1.29 is 4.79 Å². The summed E-state index contributed by atoms with van der Waals surface area (Å²) in [5, 5.41) is 5.82. The first kappa shape index (κ1) is 12.8. The Bertz CT molecular complexity index is 506. The fourth-order valence-corrected chi connectivity index (χ4v) is 2.23. The summed E-state index contributed by atoms with van der Waals surface area (Å²) in [5.41, 5.74) is 0.838. The van der Waals surface area contributed by atoms with E-state index >= 15 is 0 Å². The van der Waals surface area contributed by atoms with Gasteiger partial charge in [0.05, 0.1) is 23.4 Å². The predicted octanol–water partition coefficient (Wildman–Crippen LogP) is 1.57. The minimum Gasteiger partial charge on any atom is -0.354 e. The molecule has 6 heteroatoms. The number of carbonyl (C=O) groups excluding carboxylic acids is 1. The van der Waals surface area contributed by atoms with Crippen LogP contribution in [-0.4, -0.2) is 27.0 Å². The lowest BCUT2D eigenvalue weighted by Crippen LogP contribution is -2.30. The van der Waals surface area contributed by atoms with Crippen molar-refractivity contribution in [2.75, 3.05) is 6.54 Å². The van der Waals surface area contributed by atoms with Crippen molar-refractivity contribution >= 4 is 17.2 Å². The van der Waals surface area contributed by atoms with E-state index in [9.17, 15) is 4.79 Å². The largest absolute Gasteiger partial charge is 0.354 e. The van der Waals surface area contributed by atoms with E-state index in [1.807, 2.05) is 30.0 Å². The van der Waals surface area contributed by atoms with Crippen LogP contribution in [0.4, 0.5) is 0 Å². The first-order valence-corrected chi connectivity index (χ1v) is 6.68. The van der Waals surface area contributed by atoms with Gasteiger partial charge in [0.2, 0.25) is 5.91 Å². The average molecular weight is 264 g/mol. The monoisotopic (exact) mass is 264 g/mol. The number of nitrogens with zero attached hydrogens (tertiary/aromatic N) is 3. The van der Waals surface area contributed by atoms with Crippen molar-refractivity contribution in [2.24, 2.45) is 0 Å². The van der Waals surface area contributed by atoms with Crippen LogP contribution >= 0.6 is 11.3 Å². The second-order valence-corrected chi connectivity index (χ2v) is 5.26. The van der Waals surface area contributed by atoms with Gasteiger partial charge in [-0.2, -0.15) is 0 Å². The number of amides is 1. The topological polar surface area (TPSA) is 59.8 Å². The summed E-state index contributed by atoms with van der Waals surface area (Å²) >= 11 is 1.57. The van der Waals surface area contributed by atoms with Crippen LogP contribution in [-0.2, 0) is 11.2 Å². The summed E-state index contributed by atoms with van der Waals surface area (Å²) in [5.74, 6) is 0.00673. The van der Waals surface area contributed by atoms with Gasteiger partial charge in [0.15, 0.2) is 0 Å². The van der Waals surface area contributed by atoms with Crippen molar-refractivity contribution in [2.45, 2.75) is 26.3 Å². The van der Waals surface area contributed by atoms with E-state index in [1.165, 1.54) is 0 Å². The van der Waals surface area contributed by atoms with E-state index in [0.29, 0.717) is 13.0 Å². The number of aromatic nitrogens is 3. The van der Waals surface area contributed by atoms with Crippen molar-refractivity contribution in [1.82, 2.24) is 19.9 Å². The molecular formula is C12H16N4OS. The lowest BCUT2D eigenvalue weighted by atomic mass is 10.3. The summed E-state index contributed by atoms with van der Waals surface area (Å²) in [7, 11) is 0. The van der Waals surface area contributed by atoms with E-state index in [-0.39, 0.29) is 11.9 Å². The van der Waals surface area contributed by atoms with Gasteiger partial charge >= 0.3 is 0 Å². The number of imidazole rings is 1. The molecule has 5 nitrogen and oxygen atoms in total. The van der Waals surface area contributed by atoms with Gasteiger partial charge in [-0.3, -0.25) is 4.79 Å².